The third kappa shape index (κ3) is 6.86. The lowest BCUT2D eigenvalue weighted by Crippen LogP contribution is -2.42. The van der Waals surface area contributed by atoms with Crippen molar-refractivity contribution in [3.05, 3.63) is 35.4 Å². The van der Waals surface area contributed by atoms with Gasteiger partial charge in [-0.15, -0.1) is 0 Å². The van der Waals surface area contributed by atoms with E-state index in [0.717, 1.165) is 57.8 Å². The topological polar surface area (TPSA) is 59.1 Å². The van der Waals surface area contributed by atoms with Crippen molar-refractivity contribution in [3.63, 3.8) is 0 Å². The predicted octanol–water partition coefficient (Wildman–Crippen LogP) is 2.45. The van der Waals surface area contributed by atoms with E-state index in [0.29, 0.717) is 26.0 Å². The van der Waals surface area contributed by atoms with E-state index in [1.54, 1.807) is 4.90 Å². The molecule has 6 heteroatoms. The van der Waals surface area contributed by atoms with Crippen LogP contribution in [0.5, 0.6) is 0 Å². The van der Waals surface area contributed by atoms with Crippen LogP contribution >= 0.6 is 0 Å². The second kappa shape index (κ2) is 11.7. The summed E-state index contributed by atoms with van der Waals surface area (Å²) in [5, 5.41) is 0. The maximum absolute atomic E-state index is 12.3. The van der Waals surface area contributed by atoms with Crippen molar-refractivity contribution in [3.8, 4) is 11.8 Å². The summed E-state index contributed by atoms with van der Waals surface area (Å²) in [6.45, 7) is 7.88. The van der Waals surface area contributed by atoms with Gasteiger partial charge in [0.25, 0.3) is 0 Å². The predicted molar refractivity (Wildman–Crippen MR) is 115 cm³/mol. The minimum Gasteiger partial charge on any atom is -0.464 e. The molecule has 0 N–H and O–H groups in total. The van der Waals surface area contributed by atoms with Crippen LogP contribution in [0.3, 0.4) is 0 Å². The van der Waals surface area contributed by atoms with Crippen LogP contribution in [-0.4, -0.2) is 67.7 Å². The van der Waals surface area contributed by atoms with E-state index in [2.05, 4.69) is 28.9 Å². The summed E-state index contributed by atoms with van der Waals surface area (Å²) >= 11 is 0. The van der Waals surface area contributed by atoms with Crippen molar-refractivity contribution < 1.29 is 19.1 Å². The van der Waals surface area contributed by atoms with Gasteiger partial charge in [-0.3, -0.25) is 14.5 Å². The Bertz CT molecular complexity index is 760. The quantitative estimate of drug-likeness (QED) is 0.408. The van der Waals surface area contributed by atoms with Crippen LogP contribution in [0.1, 0.15) is 43.7 Å². The van der Waals surface area contributed by atoms with Gasteiger partial charge < -0.3 is 14.4 Å². The Labute approximate surface area is 179 Å². The number of hydrogen-bond donors (Lipinski definition) is 0. The molecule has 1 aromatic carbocycles. The van der Waals surface area contributed by atoms with Gasteiger partial charge in [-0.25, -0.2) is 0 Å². The van der Waals surface area contributed by atoms with Crippen LogP contribution in [0.2, 0.25) is 0 Å². The standard InChI is InChI=1S/C24H32N2O4/c1-2-23(27)26-12-5-7-22(19-26)24(28)30-15-4-3-6-20-8-10-21(11-9-20)18-25-13-16-29-17-14-25/h8-11,22H,2,4-5,7,12-19H2,1H3. The van der Waals surface area contributed by atoms with Crippen LogP contribution in [0.4, 0.5) is 0 Å². The number of carbonyl (C=O) groups excluding carboxylic acids is 2. The number of nitrogens with zero attached hydrogens (tertiary/aromatic N) is 2. The van der Waals surface area contributed by atoms with Gasteiger partial charge in [-0.2, -0.15) is 0 Å². The minimum atomic E-state index is -0.210. The monoisotopic (exact) mass is 412 g/mol. The van der Waals surface area contributed by atoms with Crippen molar-refractivity contribution >= 4 is 11.9 Å². The molecule has 2 saturated heterocycles. The first kappa shape index (κ1) is 22.3. The third-order valence-corrected chi connectivity index (χ3v) is 5.58. The van der Waals surface area contributed by atoms with E-state index in [1.807, 2.05) is 19.1 Å². The number of morpholine rings is 1. The molecule has 0 saturated carbocycles. The molecule has 0 radical (unpaired) electrons. The lowest BCUT2D eigenvalue weighted by atomic mass is 9.98. The summed E-state index contributed by atoms with van der Waals surface area (Å²) in [4.78, 5) is 28.3. The Morgan fingerprint density at radius 3 is 2.67 bits per heavy atom. The SMILES string of the molecule is CCC(=O)N1CCCC(C(=O)OCCC#Cc2ccc(CN3CCOCC3)cc2)C1. The Balaban J connectivity index is 1.37. The lowest BCUT2D eigenvalue weighted by molar-refractivity contribution is -0.151. The molecule has 0 spiro atoms. The van der Waals surface area contributed by atoms with E-state index in [-0.39, 0.29) is 17.8 Å². The summed E-state index contributed by atoms with van der Waals surface area (Å²) in [6.07, 6.45) is 2.62. The van der Waals surface area contributed by atoms with Gasteiger partial charge in [0.1, 0.15) is 6.61 Å². The van der Waals surface area contributed by atoms with Crippen LogP contribution < -0.4 is 0 Å². The minimum absolute atomic E-state index is 0.106. The van der Waals surface area contributed by atoms with Crippen molar-refractivity contribution in [1.82, 2.24) is 9.80 Å². The van der Waals surface area contributed by atoms with Crippen LogP contribution in [0.15, 0.2) is 24.3 Å². The number of ether oxygens (including phenoxy) is 2. The molecule has 6 nitrogen and oxygen atoms in total. The zero-order valence-corrected chi connectivity index (χ0v) is 17.9. The Hall–Kier alpha value is -2.36. The number of carbonyl (C=O) groups is 2. The highest BCUT2D eigenvalue weighted by Crippen LogP contribution is 2.18. The fourth-order valence-corrected chi connectivity index (χ4v) is 3.82. The van der Waals surface area contributed by atoms with E-state index in [4.69, 9.17) is 9.47 Å². The maximum Gasteiger partial charge on any atom is 0.310 e. The maximum atomic E-state index is 12.3. The van der Waals surface area contributed by atoms with E-state index in [9.17, 15) is 9.59 Å². The number of hydrogen-bond acceptors (Lipinski definition) is 5. The van der Waals surface area contributed by atoms with Crippen LogP contribution in [0.25, 0.3) is 0 Å². The van der Waals surface area contributed by atoms with E-state index < -0.39 is 0 Å². The molecule has 2 fully saturated rings. The first-order valence-electron chi connectivity index (χ1n) is 11.0. The number of esters is 1. The molecule has 2 aliphatic heterocycles. The van der Waals surface area contributed by atoms with E-state index in [1.165, 1.54) is 5.56 Å². The molecule has 0 aromatic heterocycles. The molecular weight excluding hydrogens is 380 g/mol. The van der Waals surface area contributed by atoms with Gasteiger partial charge in [-0.1, -0.05) is 30.9 Å². The first-order chi connectivity index (χ1) is 14.7. The fraction of sp³-hybridized carbons (Fsp3) is 0.583. The number of piperidine rings is 1. The number of amides is 1. The normalized spacial score (nSPS) is 19.6. The second-order valence-corrected chi connectivity index (χ2v) is 7.84. The van der Waals surface area contributed by atoms with Crippen molar-refractivity contribution in [1.29, 1.82) is 0 Å². The van der Waals surface area contributed by atoms with Gasteiger partial charge in [0, 0.05) is 51.1 Å². The smallest absolute Gasteiger partial charge is 0.310 e. The van der Waals surface area contributed by atoms with Crippen LogP contribution in [0, 0.1) is 17.8 Å². The zero-order chi connectivity index (χ0) is 21.2. The first-order valence-corrected chi connectivity index (χ1v) is 11.0. The van der Waals surface area contributed by atoms with Crippen molar-refractivity contribution in [2.24, 2.45) is 5.92 Å². The summed E-state index contributed by atoms with van der Waals surface area (Å²) < 4.78 is 10.8. The molecule has 0 bridgehead atoms. The van der Waals surface area contributed by atoms with E-state index >= 15 is 0 Å². The van der Waals surface area contributed by atoms with Crippen LogP contribution in [-0.2, 0) is 25.6 Å². The number of benzene rings is 1. The average Bonchev–Trinajstić information content (AvgIpc) is 2.80. The fourth-order valence-electron chi connectivity index (χ4n) is 3.82. The third-order valence-electron chi connectivity index (χ3n) is 5.58. The van der Waals surface area contributed by atoms with Gasteiger partial charge >= 0.3 is 5.97 Å². The summed E-state index contributed by atoms with van der Waals surface area (Å²) in [7, 11) is 0. The second-order valence-electron chi connectivity index (χ2n) is 7.84. The Morgan fingerprint density at radius 1 is 1.17 bits per heavy atom. The van der Waals surface area contributed by atoms with Gasteiger partial charge in [-0.05, 0) is 30.5 Å². The highest BCUT2D eigenvalue weighted by atomic mass is 16.5. The Kier molecular flexibility index (Phi) is 8.73. The molecule has 1 unspecified atom stereocenters. The zero-order valence-electron chi connectivity index (χ0n) is 17.9. The largest absolute Gasteiger partial charge is 0.464 e. The number of likely N-dealkylation sites (tertiary alicyclic amines) is 1. The molecular formula is C24H32N2O4. The van der Waals surface area contributed by atoms with Gasteiger partial charge in [0.05, 0.1) is 19.1 Å². The summed E-state index contributed by atoms with van der Waals surface area (Å²) in [6, 6.07) is 8.31. The highest BCUT2D eigenvalue weighted by Gasteiger charge is 2.28. The molecule has 30 heavy (non-hydrogen) atoms. The molecule has 0 aliphatic carbocycles. The number of rotatable bonds is 6. The van der Waals surface area contributed by atoms with Gasteiger partial charge in [0.2, 0.25) is 5.91 Å². The lowest BCUT2D eigenvalue weighted by Gasteiger charge is -2.31. The molecule has 3 rings (SSSR count). The summed E-state index contributed by atoms with van der Waals surface area (Å²) in [5.74, 6) is 5.90. The molecule has 1 amide bonds. The highest BCUT2D eigenvalue weighted by molar-refractivity contribution is 5.78. The van der Waals surface area contributed by atoms with Gasteiger partial charge in [0.15, 0.2) is 0 Å². The summed E-state index contributed by atoms with van der Waals surface area (Å²) in [5.41, 5.74) is 2.24. The van der Waals surface area contributed by atoms with Crippen molar-refractivity contribution in [2.45, 2.75) is 39.2 Å². The molecule has 2 aliphatic rings. The van der Waals surface area contributed by atoms with Crippen molar-refractivity contribution in [2.75, 3.05) is 46.0 Å². The molecule has 1 atom stereocenters. The Morgan fingerprint density at radius 2 is 1.93 bits per heavy atom. The molecule has 162 valence electrons. The molecule has 1 aromatic rings. The molecule has 2 heterocycles. The average molecular weight is 413 g/mol.